The van der Waals surface area contributed by atoms with E-state index >= 15 is 0 Å². The fourth-order valence-corrected chi connectivity index (χ4v) is 5.69. The molecule has 2 aromatic heterocycles. The number of pyridine rings is 1. The Balaban J connectivity index is 1.31. The van der Waals surface area contributed by atoms with Gasteiger partial charge in [0.1, 0.15) is 6.33 Å². The molecule has 202 valence electrons. The van der Waals surface area contributed by atoms with Gasteiger partial charge in [-0.25, -0.2) is 4.79 Å². The predicted octanol–water partition coefficient (Wildman–Crippen LogP) is 4.47. The summed E-state index contributed by atoms with van der Waals surface area (Å²) in [7, 11) is 1.29. The van der Waals surface area contributed by atoms with E-state index in [1.54, 1.807) is 36.5 Å². The Labute approximate surface area is 237 Å². The molecule has 0 fully saturated rings. The number of anilines is 1. The monoisotopic (exact) mass is 577 g/mol. The normalized spacial score (nSPS) is 17.8. The summed E-state index contributed by atoms with van der Waals surface area (Å²) in [5.74, 6) is 0. The summed E-state index contributed by atoms with van der Waals surface area (Å²) in [5, 5.41) is 40.1. The van der Waals surface area contributed by atoms with Crippen LogP contribution >= 0.6 is 23.2 Å². The number of fused-ring (bicyclic) bond motifs is 1. The molecule has 13 heteroatoms. The van der Waals surface area contributed by atoms with Crippen LogP contribution in [0.4, 0.5) is 10.5 Å². The molecule has 2 N–H and O–H groups in total. The van der Waals surface area contributed by atoms with Crippen LogP contribution in [-0.4, -0.2) is 44.2 Å². The first-order valence-corrected chi connectivity index (χ1v) is 13.0. The number of aliphatic imine (C=N–C) groups is 1. The molecule has 0 saturated carbocycles. The number of aliphatic hydroxyl groups is 1. The minimum atomic E-state index is -1.59. The van der Waals surface area contributed by atoms with Crippen molar-refractivity contribution in [3.8, 4) is 16.8 Å². The highest BCUT2D eigenvalue weighted by Crippen LogP contribution is 2.45. The molecule has 3 heterocycles. The molecule has 0 bridgehead atoms. The van der Waals surface area contributed by atoms with Crippen molar-refractivity contribution in [2.45, 2.75) is 24.9 Å². The number of hydrogen-bond donors (Lipinski definition) is 2. The van der Waals surface area contributed by atoms with Crippen molar-refractivity contribution in [3.63, 3.8) is 0 Å². The average molecular weight is 578 g/mol. The van der Waals surface area contributed by atoms with Crippen LogP contribution < -0.4 is 10.0 Å². The van der Waals surface area contributed by atoms with Gasteiger partial charge in [0.2, 0.25) is 5.69 Å². The van der Waals surface area contributed by atoms with E-state index < -0.39 is 11.7 Å². The number of ether oxygens (including phenoxy) is 1. The SMILES string of the molecule is COC(=O)Nc1ccc(C2=CN=C(C3(O)CCc4c(Cl)c(-c5cc(Cl)ccc5-n5cnnn5)c[n+]([O-])c43)C2)cc1. The minimum absolute atomic E-state index is 0.165. The van der Waals surface area contributed by atoms with Gasteiger partial charge in [0.15, 0.2) is 11.8 Å². The second kappa shape index (κ2) is 10.0. The van der Waals surface area contributed by atoms with Gasteiger partial charge in [-0.3, -0.25) is 10.3 Å². The lowest BCUT2D eigenvalue weighted by Crippen LogP contribution is -2.45. The number of benzene rings is 2. The second-order valence-corrected chi connectivity index (χ2v) is 10.2. The van der Waals surface area contributed by atoms with Crippen LogP contribution in [0.2, 0.25) is 10.0 Å². The van der Waals surface area contributed by atoms with Crippen molar-refractivity contribution in [1.29, 1.82) is 0 Å². The molecule has 0 radical (unpaired) electrons. The van der Waals surface area contributed by atoms with Gasteiger partial charge < -0.3 is 15.1 Å². The van der Waals surface area contributed by atoms with Gasteiger partial charge in [0, 0.05) is 34.5 Å². The number of methoxy groups -OCH3 is 1. The van der Waals surface area contributed by atoms with E-state index in [-0.39, 0.29) is 12.1 Å². The summed E-state index contributed by atoms with van der Waals surface area (Å²) in [6.45, 7) is 0. The number of tetrazole rings is 1. The molecule has 0 saturated heterocycles. The number of carbonyl (C=O) groups excluding carboxylic acids is 1. The van der Waals surface area contributed by atoms with Gasteiger partial charge in [-0.1, -0.05) is 35.3 Å². The van der Waals surface area contributed by atoms with E-state index in [9.17, 15) is 15.1 Å². The van der Waals surface area contributed by atoms with Gasteiger partial charge in [0.05, 0.1) is 29.1 Å². The Morgan fingerprint density at radius 1 is 1.20 bits per heavy atom. The van der Waals surface area contributed by atoms with E-state index in [0.717, 1.165) is 11.1 Å². The Hall–Kier alpha value is -4.32. The molecule has 6 rings (SSSR count). The summed E-state index contributed by atoms with van der Waals surface area (Å²) < 4.78 is 6.74. The largest absolute Gasteiger partial charge is 0.618 e. The van der Waals surface area contributed by atoms with Gasteiger partial charge >= 0.3 is 6.09 Å². The van der Waals surface area contributed by atoms with Crippen molar-refractivity contribution in [1.82, 2.24) is 20.2 Å². The van der Waals surface area contributed by atoms with Crippen molar-refractivity contribution < 1.29 is 19.4 Å². The van der Waals surface area contributed by atoms with Gasteiger partial charge in [0.25, 0.3) is 0 Å². The Morgan fingerprint density at radius 2 is 2.00 bits per heavy atom. The zero-order valence-corrected chi connectivity index (χ0v) is 22.5. The van der Waals surface area contributed by atoms with Crippen LogP contribution in [0.15, 0.2) is 66.2 Å². The summed E-state index contributed by atoms with van der Waals surface area (Å²) in [5.41, 5.74) is 3.51. The fraction of sp³-hybridized carbons (Fsp3) is 0.185. The smallest absolute Gasteiger partial charge is 0.411 e. The first-order chi connectivity index (χ1) is 19.3. The standard InChI is InChI=1S/C27H21Cl2N7O4/c1-40-26(37)32-18-5-2-15(3-6-18)16-10-23(30-12-16)27(38)9-8-19-24(29)21(13-36(39)25(19)27)20-11-17(28)4-7-22(20)35-14-31-33-34-35/h2-7,11-14,38H,8-10H2,1H3,(H,32,37). The molecule has 2 aliphatic rings. The molecule has 1 atom stereocenters. The molecule has 1 aliphatic carbocycles. The highest BCUT2D eigenvalue weighted by Gasteiger charge is 2.50. The van der Waals surface area contributed by atoms with E-state index in [0.29, 0.717) is 61.4 Å². The topological polar surface area (TPSA) is 141 Å². The van der Waals surface area contributed by atoms with Crippen molar-refractivity contribution in [2.24, 2.45) is 4.99 Å². The highest BCUT2D eigenvalue weighted by molar-refractivity contribution is 6.35. The number of allylic oxidation sites excluding steroid dienone is 1. The van der Waals surface area contributed by atoms with E-state index in [2.05, 4.69) is 30.6 Å². The molecular formula is C27H21Cl2N7O4. The molecule has 2 aromatic carbocycles. The zero-order chi connectivity index (χ0) is 28.0. The third-order valence-corrected chi connectivity index (χ3v) is 7.79. The summed E-state index contributed by atoms with van der Waals surface area (Å²) in [6.07, 6.45) is 4.88. The summed E-state index contributed by atoms with van der Waals surface area (Å²) >= 11 is 13.2. The lowest BCUT2D eigenvalue weighted by molar-refractivity contribution is -0.619. The number of amides is 1. The van der Waals surface area contributed by atoms with Gasteiger partial charge in [-0.2, -0.15) is 9.41 Å². The number of nitrogens with zero attached hydrogens (tertiary/aromatic N) is 6. The van der Waals surface area contributed by atoms with Crippen LogP contribution in [0, 0.1) is 5.21 Å². The van der Waals surface area contributed by atoms with E-state index in [1.165, 1.54) is 24.3 Å². The predicted molar refractivity (Wildman–Crippen MR) is 148 cm³/mol. The van der Waals surface area contributed by atoms with Crippen molar-refractivity contribution >= 4 is 46.3 Å². The Morgan fingerprint density at radius 3 is 2.73 bits per heavy atom. The number of nitrogens with one attached hydrogen (secondary N) is 1. The Kier molecular flexibility index (Phi) is 6.49. The molecule has 11 nitrogen and oxygen atoms in total. The van der Waals surface area contributed by atoms with Crippen LogP contribution in [0.5, 0.6) is 0 Å². The molecule has 4 aromatic rings. The zero-order valence-electron chi connectivity index (χ0n) is 21.0. The van der Waals surface area contributed by atoms with Crippen molar-refractivity contribution in [3.05, 3.63) is 93.3 Å². The fourth-order valence-electron chi connectivity index (χ4n) is 5.18. The molecule has 1 amide bonds. The molecule has 0 spiro atoms. The number of aromatic nitrogens is 5. The maximum atomic E-state index is 13.5. The molecule has 1 unspecified atom stereocenters. The third kappa shape index (κ3) is 4.37. The maximum Gasteiger partial charge on any atom is 0.411 e. The first-order valence-electron chi connectivity index (χ1n) is 12.2. The number of halogens is 2. The van der Waals surface area contributed by atoms with Crippen LogP contribution in [0.25, 0.3) is 22.4 Å². The lowest BCUT2D eigenvalue weighted by atomic mass is 9.89. The third-order valence-electron chi connectivity index (χ3n) is 7.13. The molecular weight excluding hydrogens is 557 g/mol. The van der Waals surface area contributed by atoms with E-state index in [1.807, 2.05) is 12.1 Å². The van der Waals surface area contributed by atoms with Crippen LogP contribution in [0.1, 0.15) is 29.7 Å². The average Bonchev–Trinajstić information content (AvgIpc) is 3.72. The van der Waals surface area contributed by atoms with E-state index in [4.69, 9.17) is 23.2 Å². The van der Waals surface area contributed by atoms with Crippen molar-refractivity contribution in [2.75, 3.05) is 12.4 Å². The Bertz CT molecular complexity index is 1710. The minimum Gasteiger partial charge on any atom is -0.618 e. The molecule has 1 aliphatic heterocycles. The van der Waals surface area contributed by atoms with Gasteiger partial charge in [-0.05, 0) is 64.7 Å². The number of hydrogen-bond acceptors (Lipinski definition) is 8. The quantitative estimate of drug-likeness (QED) is 0.263. The molecule has 40 heavy (non-hydrogen) atoms. The number of carbonyl (C=O) groups is 1. The van der Waals surface area contributed by atoms with Crippen LogP contribution in [0.3, 0.4) is 0 Å². The second-order valence-electron chi connectivity index (χ2n) is 9.39. The number of rotatable bonds is 5. The lowest BCUT2D eigenvalue weighted by Gasteiger charge is -2.23. The summed E-state index contributed by atoms with van der Waals surface area (Å²) in [6, 6.07) is 12.3. The summed E-state index contributed by atoms with van der Waals surface area (Å²) in [4.78, 5) is 16.0. The van der Waals surface area contributed by atoms with Gasteiger partial charge in [-0.15, -0.1) is 5.10 Å². The van der Waals surface area contributed by atoms with Crippen LogP contribution in [-0.2, 0) is 16.8 Å². The first kappa shape index (κ1) is 25.9. The maximum absolute atomic E-state index is 13.5. The highest BCUT2D eigenvalue weighted by atomic mass is 35.5.